The van der Waals surface area contributed by atoms with E-state index in [2.05, 4.69) is 83.1 Å². The molecular formula is C44H61O8P. The molecule has 0 aliphatic heterocycles. The third-order valence-electron chi connectivity index (χ3n) is 10.6. The van der Waals surface area contributed by atoms with E-state index >= 15 is 0 Å². The van der Waals surface area contributed by atoms with E-state index in [4.69, 9.17) is 31.9 Å². The fourth-order valence-electron chi connectivity index (χ4n) is 7.44. The molecule has 1 aliphatic carbocycles. The first-order valence-electron chi connectivity index (χ1n) is 18.6. The number of hydrogen-bond donors (Lipinski definition) is 0. The van der Waals surface area contributed by atoms with Crippen molar-refractivity contribution in [3.63, 3.8) is 0 Å². The van der Waals surface area contributed by atoms with E-state index in [9.17, 15) is 4.79 Å². The molecule has 0 bridgehead atoms. The van der Waals surface area contributed by atoms with E-state index in [1.807, 2.05) is 36.4 Å². The summed E-state index contributed by atoms with van der Waals surface area (Å²) >= 11 is 0. The first kappa shape index (κ1) is 40.6. The third kappa shape index (κ3) is 8.24. The number of hydrogen-bond acceptors (Lipinski definition) is 8. The van der Waals surface area contributed by atoms with Gasteiger partial charge in [0.05, 0.1) is 27.4 Å². The summed E-state index contributed by atoms with van der Waals surface area (Å²) in [7, 11) is 4.60. The molecule has 3 aromatic carbocycles. The Hall–Kier alpha value is -3.61. The molecule has 4 aromatic rings. The highest BCUT2D eigenvalue weighted by Crippen LogP contribution is 2.52. The van der Waals surface area contributed by atoms with Crippen LogP contribution in [0.25, 0.3) is 21.9 Å². The summed E-state index contributed by atoms with van der Waals surface area (Å²) in [6, 6.07) is 12.0. The van der Waals surface area contributed by atoms with Crippen LogP contribution in [0.2, 0.25) is 0 Å². The van der Waals surface area contributed by atoms with Crippen LogP contribution in [0.1, 0.15) is 124 Å². The lowest BCUT2D eigenvalue weighted by Crippen LogP contribution is -2.41. The highest BCUT2D eigenvalue weighted by molar-refractivity contribution is 7.32. The molecule has 1 fully saturated rings. The van der Waals surface area contributed by atoms with Crippen molar-refractivity contribution in [1.29, 1.82) is 0 Å². The van der Waals surface area contributed by atoms with E-state index in [1.54, 1.807) is 28.4 Å². The predicted octanol–water partition coefficient (Wildman–Crippen LogP) is 12.2. The van der Waals surface area contributed by atoms with Gasteiger partial charge in [0.2, 0.25) is 0 Å². The highest BCUT2D eigenvalue weighted by atomic mass is 31.1. The minimum atomic E-state index is -2.14. The van der Waals surface area contributed by atoms with Gasteiger partial charge in [0, 0.05) is 52.0 Å². The van der Waals surface area contributed by atoms with Crippen molar-refractivity contribution < 1.29 is 36.7 Å². The molecule has 3 unspecified atom stereocenters. The summed E-state index contributed by atoms with van der Waals surface area (Å²) in [5.41, 5.74) is 3.55. The zero-order valence-electron chi connectivity index (χ0n) is 34.8. The molecule has 1 aromatic heterocycles. The fourth-order valence-corrected chi connectivity index (χ4v) is 8.60. The number of fused-ring (bicyclic) bond motifs is 3. The minimum absolute atomic E-state index is 0.0949. The number of ether oxygens (including phenoxy) is 4. The minimum Gasteiger partial charge on any atom is -0.497 e. The van der Waals surface area contributed by atoms with Gasteiger partial charge in [-0.3, -0.25) is 4.79 Å². The Bertz CT molecular complexity index is 1950. The number of carbonyl (C=O) groups excluding carboxylic acids is 1. The Morgan fingerprint density at radius 3 is 1.43 bits per heavy atom. The van der Waals surface area contributed by atoms with Crippen LogP contribution >= 0.6 is 8.24 Å². The lowest BCUT2D eigenvalue weighted by atomic mass is 9.65. The summed E-state index contributed by atoms with van der Waals surface area (Å²) in [6.45, 7) is 25.7. The van der Waals surface area contributed by atoms with Crippen LogP contribution in [0.4, 0.5) is 0 Å². The van der Waals surface area contributed by atoms with Crippen LogP contribution in [-0.4, -0.2) is 40.3 Å². The molecule has 8 nitrogen and oxygen atoms in total. The smallest absolute Gasteiger partial charge is 0.453 e. The molecule has 1 saturated carbocycles. The quantitative estimate of drug-likeness (QED) is 0.185. The van der Waals surface area contributed by atoms with Crippen molar-refractivity contribution in [2.24, 2.45) is 11.3 Å². The number of methoxy groups -OCH3 is 4. The van der Waals surface area contributed by atoms with Gasteiger partial charge in [0.15, 0.2) is 0 Å². The Morgan fingerprint density at radius 1 is 0.604 bits per heavy atom. The third-order valence-corrected chi connectivity index (χ3v) is 11.6. The standard InChI is InChI=1S/C44H61O8P/c1-41(2,3)33-21-25(46-13)17-29(37(33)45)30-18-26(47-14)22-34(42(4,5)6)38(30)50-53-51-39-31(19-27(48-15)23-35(39)43(7,8)9)32-20-28(49-16)24-36(40(32)52-53)44(10,11)12/h18-20,22-25,29,33H,17,21H2,1-16H3. The molecular weight excluding hydrogens is 687 g/mol. The summed E-state index contributed by atoms with van der Waals surface area (Å²) in [6.07, 6.45) is 1.11. The molecule has 0 amide bonds. The topological polar surface area (TPSA) is 89.5 Å². The molecule has 0 saturated heterocycles. The molecule has 9 heteroatoms. The molecule has 53 heavy (non-hydrogen) atoms. The largest absolute Gasteiger partial charge is 0.497 e. The summed E-state index contributed by atoms with van der Waals surface area (Å²) in [5, 5.41) is 1.65. The predicted molar refractivity (Wildman–Crippen MR) is 215 cm³/mol. The Morgan fingerprint density at radius 2 is 1.04 bits per heavy atom. The lowest BCUT2D eigenvalue weighted by molar-refractivity contribution is -0.134. The number of carbonyl (C=O) groups is 1. The molecule has 3 atom stereocenters. The van der Waals surface area contributed by atoms with Crippen molar-refractivity contribution >= 4 is 36.0 Å². The van der Waals surface area contributed by atoms with Crippen molar-refractivity contribution in [3.05, 3.63) is 58.7 Å². The normalized spacial score (nSPS) is 18.7. The molecule has 1 heterocycles. The van der Waals surface area contributed by atoms with Crippen LogP contribution in [0, 0.1) is 11.3 Å². The maximum absolute atomic E-state index is 14.6. The molecule has 0 N–H and O–H groups in total. The van der Waals surface area contributed by atoms with Crippen LogP contribution in [0.15, 0.2) is 44.8 Å². The number of benzene rings is 3. The average Bonchev–Trinajstić information content (AvgIpc) is 3.21. The number of rotatable bonds is 7. The molecule has 290 valence electrons. The maximum atomic E-state index is 14.6. The van der Waals surface area contributed by atoms with Crippen LogP contribution in [-0.2, 0) is 25.8 Å². The van der Waals surface area contributed by atoms with Crippen molar-refractivity contribution in [3.8, 4) is 23.0 Å². The van der Waals surface area contributed by atoms with Crippen LogP contribution in [0.5, 0.6) is 23.0 Å². The van der Waals surface area contributed by atoms with Gasteiger partial charge in [0.25, 0.3) is 0 Å². The van der Waals surface area contributed by atoms with Crippen LogP contribution < -0.4 is 18.7 Å². The molecule has 5 rings (SSSR count). The fraction of sp³-hybridized carbons (Fsp3) is 0.568. The van der Waals surface area contributed by atoms with E-state index in [-0.39, 0.29) is 34.1 Å². The second-order valence-corrected chi connectivity index (χ2v) is 19.6. The average molecular weight is 749 g/mol. The van der Waals surface area contributed by atoms with E-state index in [0.29, 0.717) is 47.0 Å². The van der Waals surface area contributed by atoms with Gasteiger partial charge >= 0.3 is 8.24 Å². The van der Waals surface area contributed by atoms with Gasteiger partial charge < -0.3 is 31.9 Å². The maximum Gasteiger partial charge on any atom is 0.453 e. The SMILES string of the molecule is COc1cc(C2CC(OC)CC(C(C)(C)C)C2=O)c(Op2oc3c(C(C)(C)C)cc(OC)cc3c3cc(OC)cc(C(C)(C)C)c3o2)c(C(C)(C)C)c1. The van der Waals surface area contributed by atoms with Crippen LogP contribution in [0.3, 0.4) is 0 Å². The van der Waals surface area contributed by atoms with E-state index in [1.165, 1.54) is 0 Å². The first-order valence-corrected chi connectivity index (χ1v) is 19.7. The zero-order valence-corrected chi connectivity index (χ0v) is 35.7. The molecule has 0 spiro atoms. The van der Waals surface area contributed by atoms with Gasteiger partial charge in [-0.15, -0.1) is 0 Å². The zero-order chi connectivity index (χ0) is 39.4. The Balaban J connectivity index is 1.94. The van der Waals surface area contributed by atoms with Gasteiger partial charge in [-0.2, -0.15) is 0 Å². The number of Topliss-reactive ketones (excluding diaryl/α,β-unsaturated/α-hetero) is 1. The number of ketones is 1. The van der Waals surface area contributed by atoms with Gasteiger partial charge in [-0.25, -0.2) is 0 Å². The second kappa shape index (κ2) is 14.6. The lowest BCUT2D eigenvalue weighted by Gasteiger charge is -2.40. The van der Waals surface area contributed by atoms with Crippen molar-refractivity contribution in [2.75, 3.05) is 28.4 Å². The monoisotopic (exact) mass is 748 g/mol. The summed E-state index contributed by atoms with van der Waals surface area (Å²) in [4.78, 5) is 14.6. The summed E-state index contributed by atoms with van der Waals surface area (Å²) < 4.78 is 44.9. The van der Waals surface area contributed by atoms with Gasteiger partial charge in [-0.05, 0) is 70.9 Å². The Kier molecular flexibility index (Phi) is 11.1. The van der Waals surface area contributed by atoms with Crippen molar-refractivity contribution in [1.82, 2.24) is 0 Å². The summed E-state index contributed by atoms with van der Waals surface area (Å²) in [5.74, 6) is 2.14. The molecule has 1 aliphatic rings. The van der Waals surface area contributed by atoms with Gasteiger partial charge in [0.1, 0.15) is 39.9 Å². The Labute approximate surface area is 317 Å². The second-order valence-electron chi connectivity index (χ2n) is 18.6. The highest BCUT2D eigenvalue weighted by Gasteiger charge is 2.44. The van der Waals surface area contributed by atoms with Gasteiger partial charge in [-0.1, -0.05) is 83.1 Å². The first-order chi connectivity index (χ1) is 24.5. The van der Waals surface area contributed by atoms with Crippen molar-refractivity contribution in [2.45, 2.75) is 124 Å². The van der Waals surface area contributed by atoms with E-state index < -0.39 is 19.6 Å². The van der Waals surface area contributed by atoms with E-state index in [0.717, 1.165) is 33.0 Å². The molecule has 0 radical (unpaired) electrons.